The van der Waals surface area contributed by atoms with Crippen LogP contribution in [0.15, 0.2) is 88.1 Å². The molecule has 1 heterocycles. The molecule has 0 saturated heterocycles. The zero-order chi connectivity index (χ0) is 20.2. The monoisotopic (exact) mass is 404 g/mol. The van der Waals surface area contributed by atoms with E-state index in [1.54, 1.807) is 30.3 Å². The second-order valence-electron chi connectivity index (χ2n) is 6.44. The van der Waals surface area contributed by atoms with E-state index in [2.05, 4.69) is 10.6 Å². The van der Waals surface area contributed by atoms with E-state index < -0.39 is 11.5 Å². The van der Waals surface area contributed by atoms with Gasteiger partial charge in [-0.3, -0.25) is 4.79 Å². The number of rotatable bonds is 5. The minimum atomic E-state index is -0.630. The van der Waals surface area contributed by atoms with E-state index in [0.717, 1.165) is 5.56 Å². The summed E-state index contributed by atoms with van der Waals surface area (Å²) in [6.07, 6.45) is 0. The molecule has 0 unspecified atom stereocenters. The predicted octanol–water partition coefficient (Wildman–Crippen LogP) is 5.31. The Bertz CT molecular complexity index is 1240. The number of anilines is 2. The molecule has 0 aliphatic rings. The number of carbonyl (C=O) groups is 1. The molecule has 0 fully saturated rings. The highest BCUT2D eigenvalue weighted by atomic mass is 35.5. The summed E-state index contributed by atoms with van der Waals surface area (Å²) >= 11 is 5.98. The van der Waals surface area contributed by atoms with Crippen LogP contribution in [0.2, 0.25) is 5.02 Å². The maximum Gasteiger partial charge on any atom is 0.362 e. The largest absolute Gasteiger partial charge is 0.421 e. The van der Waals surface area contributed by atoms with Crippen molar-refractivity contribution in [3.05, 3.63) is 105 Å². The molecule has 6 heteroatoms. The van der Waals surface area contributed by atoms with Crippen molar-refractivity contribution in [1.29, 1.82) is 0 Å². The van der Waals surface area contributed by atoms with E-state index in [4.69, 9.17) is 16.0 Å². The van der Waals surface area contributed by atoms with E-state index in [-0.39, 0.29) is 5.69 Å². The van der Waals surface area contributed by atoms with Crippen LogP contribution in [0.5, 0.6) is 0 Å². The van der Waals surface area contributed by atoms with Gasteiger partial charge in [-0.05, 0) is 35.9 Å². The van der Waals surface area contributed by atoms with Gasteiger partial charge >= 0.3 is 5.63 Å². The number of para-hydroxylation sites is 1. The number of nitrogens with one attached hydrogen (secondary N) is 2. The van der Waals surface area contributed by atoms with Crippen LogP contribution in [0.3, 0.4) is 0 Å². The molecule has 0 radical (unpaired) electrons. The number of hydrogen-bond donors (Lipinski definition) is 2. The van der Waals surface area contributed by atoms with Gasteiger partial charge in [0.05, 0.1) is 5.69 Å². The average molecular weight is 405 g/mol. The molecule has 1 amide bonds. The Morgan fingerprint density at radius 1 is 0.897 bits per heavy atom. The van der Waals surface area contributed by atoms with Gasteiger partial charge in [0.2, 0.25) is 0 Å². The van der Waals surface area contributed by atoms with Crippen LogP contribution in [-0.2, 0) is 6.54 Å². The van der Waals surface area contributed by atoms with Crippen LogP contribution in [0.4, 0.5) is 11.4 Å². The third kappa shape index (κ3) is 4.15. The fourth-order valence-corrected chi connectivity index (χ4v) is 3.24. The highest BCUT2D eigenvalue weighted by Crippen LogP contribution is 2.29. The molecule has 0 aliphatic heterocycles. The van der Waals surface area contributed by atoms with Crippen LogP contribution in [0.1, 0.15) is 15.9 Å². The second kappa shape index (κ2) is 8.20. The van der Waals surface area contributed by atoms with Gasteiger partial charge in [0.25, 0.3) is 5.91 Å². The summed E-state index contributed by atoms with van der Waals surface area (Å²) in [4.78, 5) is 25.4. The average Bonchev–Trinajstić information content (AvgIpc) is 2.74. The number of amides is 1. The Balaban J connectivity index is 1.74. The molecule has 1 aromatic heterocycles. The van der Waals surface area contributed by atoms with Crippen LogP contribution in [0, 0.1) is 0 Å². The lowest BCUT2D eigenvalue weighted by Gasteiger charge is -2.14. The number of halogens is 1. The fourth-order valence-electron chi connectivity index (χ4n) is 3.05. The summed E-state index contributed by atoms with van der Waals surface area (Å²) < 4.78 is 5.41. The smallest absolute Gasteiger partial charge is 0.362 e. The van der Waals surface area contributed by atoms with Gasteiger partial charge in [0, 0.05) is 22.5 Å². The lowest BCUT2D eigenvalue weighted by Crippen LogP contribution is -2.20. The molecule has 2 N–H and O–H groups in total. The molecule has 0 spiro atoms. The van der Waals surface area contributed by atoms with Gasteiger partial charge in [-0.15, -0.1) is 0 Å². The SMILES string of the molecule is O=C(Nc1c(NCc2ccccc2)c2ccccc2oc1=O)c1cccc(Cl)c1. The lowest BCUT2D eigenvalue weighted by molar-refractivity contribution is 0.102. The van der Waals surface area contributed by atoms with Crippen molar-refractivity contribution in [2.24, 2.45) is 0 Å². The maximum absolute atomic E-state index is 12.7. The molecular weight excluding hydrogens is 388 g/mol. The Hall–Kier alpha value is -3.57. The molecular formula is C23H17ClN2O3. The van der Waals surface area contributed by atoms with Crippen molar-refractivity contribution in [3.8, 4) is 0 Å². The van der Waals surface area contributed by atoms with Crippen molar-refractivity contribution in [2.75, 3.05) is 10.6 Å². The number of fused-ring (bicyclic) bond motifs is 1. The molecule has 4 rings (SSSR count). The van der Waals surface area contributed by atoms with Crippen molar-refractivity contribution < 1.29 is 9.21 Å². The van der Waals surface area contributed by atoms with Crippen LogP contribution < -0.4 is 16.3 Å². The number of benzene rings is 3. The molecule has 0 aliphatic carbocycles. The van der Waals surface area contributed by atoms with Gasteiger partial charge in [0.15, 0.2) is 5.69 Å². The van der Waals surface area contributed by atoms with E-state index in [9.17, 15) is 9.59 Å². The Morgan fingerprint density at radius 3 is 2.45 bits per heavy atom. The van der Waals surface area contributed by atoms with E-state index in [1.165, 1.54) is 6.07 Å². The Kier molecular flexibility index (Phi) is 5.31. The highest BCUT2D eigenvalue weighted by Gasteiger charge is 2.18. The third-order valence-corrected chi connectivity index (χ3v) is 4.69. The third-order valence-electron chi connectivity index (χ3n) is 4.45. The number of hydrogen-bond acceptors (Lipinski definition) is 4. The maximum atomic E-state index is 12.7. The molecule has 144 valence electrons. The van der Waals surface area contributed by atoms with Crippen LogP contribution in [0.25, 0.3) is 11.0 Å². The summed E-state index contributed by atoms with van der Waals surface area (Å²) in [7, 11) is 0. The molecule has 0 bridgehead atoms. The van der Waals surface area contributed by atoms with E-state index in [0.29, 0.717) is 33.8 Å². The molecule has 0 saturated carbocycles. The Morgan fingerprint density at radius 2 is 1.66 bits per heavy atom. The van der Waals surface area contributed by atoms with E-state index in [1.807, 2.05) is 42.5 Å². The van der Waals surface area contributed by atoms with Crippen molar-refractivity contribution >= 4 is 39.9 Å². The van der Waals surface area contributed by atoms with Gasteiger partial charge in [-0.25, -0.2) is 4.79 Å². The Labute approximate surface area is 171 Å². The zero-order valence-corrected chi connectivity index (χ0v) is 16.1. The molecule has 29 heavy (non-hydrogen) atoms. The lowest BCUT2D eigenvalue weighted by atomic mass is 10.1. The first-order chi connectivity index (χ1) is 14.1. The van der Waals surface area contributed by atoms with Gasteiger partial charge < -0.3 is 15.1 Å². The summed E-state index contributed by atoms with van der Waals surface area (Å²) in [6.45, 7) is 0.480. The zero-order valence-electron chi connectivity index (χ0n) is 15.3. The van der Waals surface area contributed by atoms with Crippen molar-refractivity contribution in [2.45, 2.75) is 6.54 Å². The van der Waals surface area contributed by atoms with Gasteiger partial charge in [-0.2, -0.15) is 0 Å². The van der Waals surface area contributed by atoms with Crippen LogP contribution in [-0.4, -0.2) is 5.91 Å². The minimum absolute atomic E-state index is 0.0598. The first-order valence-electron chi connectivity index (χ1n) is 9.02. The predicted molar refractivity (Wildman–Crippen MR) is 116 cm³/mol. The second-order valence-corrected chi connectivity index (χ2v) is 6.88. The first-order valence-corrected chi connectivity index (χ1v) is 9.40. The number of carbonyl (C=O) groups excluding carboxylic acids is 1. The highest BCUT2D eigenvalue weighted by molar-refractivity contribution is 6.31. The summed E-state index contributed by atoms with van der Waals surface area (Å²) in [5.74, 6) is -0.446. The van der Waals surface area contributed by atoms with Crippen molar-refractivity contribution in [1.82, 2.24) is 0 Å². The van der Waals surface area contributed by atoms with Crippen LogP contribution >= 0.6 is 11.6 Å². The molecule has 4 aromatic rings. The summed E-state index contributed by atoms with van der Waals surface area (Å²) in [5, 5.41) is 7.10. The standard InChI is InChI=1S/C23H17ClN2O3/c24-17-10-6-9-16(13-17)22(27)26-21-20(25-14-15-7-2-1-3-8-15)18-11-4-5-12-19(18)29-23(21)28/h1-13,25H,14H2,(H,26,27). The summed E-state index contributed by atoms with van der Waals surface area (Å²) in [6, 6.07) is 23.5. The normalized spacial score (nSPS) is 10.7. The fraction of sp³-hybridized carbons (Fsp3) is 0.0435. The van der Waals surface area contributed by atoms with Crippen molar-refractivity contribution in [3.63, 3.8) is 0 Å². The van der Waals surface area contributed by atoms with Gasteiger partial charge in [0.1, 0.15) is 5.58 Å². The molecule has 3 aromatic carbocycles. The first kappa shape index (κ1) is 18.8. The summed E-state index contributed by atoms with van der Waals surface area (Å²) in [5.41, 5.74) is 1.76. The molecule has 5 nitrogen and oxygen atoms in total. The minimum Gasteiger partial charge on any atom is -0.421 e. The molecule has 0 atom stereocenters. The van der Waals surface area contributed by atoms with E-state index >= 15 is 0 Å². The topological polar surface area (TPSA) is 71.3 Å². The quantitative estimate of drug-likeness (QED) is 0.442. The van der Waals surface area contributed by atoms with Gasteiger partial charge in [-0.1, -0.05) is 60.1 Å².